The van der Waals surface area contributed by atoms with Gasteiger partial charge in [-0.1, -0.05) is 36.8 Å². The number of hydrogen-bond donors (Lipinski definition) is 0. The molecule has 1 aromatic carbocycles. The van der Waals surface area contributed by atoms with E-state index in [1.807, 2.05) is 60.9 Å². The molecule has 3 heterocycles. The van der Waals surface area contributed by atoms with Crippen LogP contribution in [0.3, 0.4) is 0 Å². The highest BCUT2D eigenvalue weighted by Crippen LogP contribution is 2.29. The molecule has 0 bridgehead atoms. The normalized spacial score (nSPS) is 12.3. The zero-order valence-electron chi connectivity index (χ0n) is 17.4. The van der Waals surface area contributed by atoms with Gasteiger partial charge in [-0.25, -0.2) is 0 Å². The summed E-state index contributed by atoms with van der Waals surface area (Å²) in [7, 11) is 0. The number of ether oxygens (including phenoxy) is 2. The van der Waals surface area contributed by atoms with Crippen molar-refractivity contribution in [2.75, 3.05) is 13.2 Å². The van der Waals surface area contributed by atoms with Crippen LogP contribution in [0, 0.1) is 0 Å². The molecule has 8 heteroatoms. The first-order chi connectivity index (χ1) is 15.2. The number of nitrogens with zero attached hydrogens (tertiary/aromatic N) is 3. The van der Waals surface area contributed by atoms with Gasteiger partial charge in [0.2, 0.25) is 4.96 Å². The Morgan fingerprint density at radius 3 is 2.77 bits per heavy atom. The smallest absolute Gasteiger partial charge is 0.291 e. The van der Waals surface area contributed by atoms with Crippen LogP contribution in [-0.2, 0) is 0 Å². The van der Waals surface area contributed by atoms with Gasteiger partial charge in [-0.05, 0) is 60.7 Å². The summed E-state index contributed by atoms with van der Waals surface area (Å²) < 4.78 is 13.5. The van der Waals surface area contributed by atoms with Gasteiger partial charge in [0, 0.05) is 4.88 Å². The minimum atomic E-state index is -0.176. The molecular weight excluding hydrogens is 430 g/mol. The van der Waals surface area contributed by atoms with Crippen LogP contribution in [0.4, 0.5) is 0 Å². The van der Waals surface area contributed by atoms with Crippen LogP contribution in [-0.4, -0.2) is 27.8 Å². The van der Waals surface area contributed by atoms with E-state index in [9.17, 15) is 4.79 Å². The first-order valence-electron chi connectivity index (χ1n) is 10.2. The summed E-state index contributed by atoms with van der Waals surface area (Å²) >= 11 is 2.96. The van der Waals surface area contributed by atoms with Gasteiger partial charge in [-0.15, -0.1) is 16.4 Å². The second-order valence-corrected chi connectivity index (χ2v) is 8.76. The number of unbranched alkanes of at least 4 members (excludes halogenated alkanes) is 1. The number of thiophene rings is 1. The number of hydrogen-bond acceptors (Lipinski definition) is 7. The van der Waals surface area contributed by atoms with Crippen molar-refractivity contribution in [3.8, 4) is 11.5 Å². The Morgan fingerprint density at radius 1 is 1.13 bits per heavy atom. The van der Waals surface area contributed by atoms with Crippen LogP contribution in [0.5, 0.6) is 11.5 Å². The highest BCUT2D eigenvalue weighted by molar-refractivity contribution is 7.15. The lowest BCUT2D eigenvalue weighted by Crippen LogP contribution is -2.23. The van der Waals surface area contributed by atoms with Gasteiger partial charge < -0.3 is 9.47 Å². The van der Waals surface area contributed by atoms with Crippen molar-refractivity contribution in [3.63, 3.8) is 0 Å². The lowest BCUT2D eigenvalue weighted by molar-refractivity contribution is 0.272. The van der Waals surface area contributed by atoms with E-state index in [1.165, 1.54) is 15.9 Å². The molecule has 0 fully saturated rings. The molecule has 0 N–H and O–H groups in total. The number of thiazole rings is 1. The molecule has 3 aromatic heterocycles. The van der Waals surface area contributed by atoms with Gasteiger partial charge in [0.15, 0.2) is 17.3 Å². The maximum atomic E-state index is 12.8. The quantitative estimate of drug-likeness (QED) is 0.349. The highest BCUT2D eigenvalue weighted by atomic mass is 32.1. The average molecular weight is 454 g/mol. The topological polar surface area (TPSA) is 65.7 Å². The molecule has 0 saturated carbocycles. The minimum Gasteiger partial charge on any atom is -0.490 e. The third-order valence-corrected chi connectivity index (χ3v) is 6.26. The van der Waals surface area contributed by atoms with Crippen molar-refractivity contribution < 1.29 is 9.47 Å². The summed E-state index contributed by atoms with van der Waals surface area (Å²) in [4.78, 5) is 18.9. The Balaban J connectivity index is 1.61. The van der Waals surface area contributed by atoms with E-state index in [-0.39, 0.29) is 5.56 Å². The number of fused-ring (bicyclic) bond motifs is 1. The van der Waals surface area contributed by atoms with Gasteiger partial charge in [-0.3, -0.25) is 4.79 Å². The molecule has 0 aliphatic carbocycles. The fourth-order valence-electron chi connectivity index (χ4n) is 2.94. The van der Waals surface area contributed by atoms with E-state index in [1.54, 1.807) is 11.3 Å². The third kappa shape index (κ3) is 5.03. The summed E-state index contributed by atoms with van der Waals surface area (Å²) in [5.41, 5.74) is 0.690. The second-order valence-electron chi connectivity index (χ2n) is 6.77. The first kappa shape index (κ1) is 21.3. The zero-order chi connectivity index (χ0) is 21.6. The van der Waals surface area contributed by atoms with Crippen molar-refractivity contribution in [1.82, 2.24) is 14.6 Å². The molecule has 6 nitrogen and oxygen atoms in total. The maximum absolute atomic E-state index is 12.8. The van der Waals surface area contributed by atoms with E-state index in [2.05, 4.69) is 17.0 Å². The zero-order valence-corrected chi connectivity index (χ0v) is 19.0. The summed E-state index contributed by atoms with van der Waals surface area (Å²) in [6.07, 6.45) is 7.66. The predicted octanol–water partition coefficient (Wildman–Crippen LogP) is 4.51. The SMILES string of the molecule is CCCCOc1ccc(/C=c2/sc3nc(/C=C/c4cccs4)nn3c2=O)cc1OCC. The average Bonchev–Trinajstić information content (AvgIpc) is 3.48. The molecule has 0 aliphatic rings. The molecule has 0 amide bonds. The molecule has 160 valence electrons. The molecule has 0 radical (unpaired) electrons. The monoisotopic (exact) mass is 453 g/mol. The second kappa shape index (κ2) is 9.89. The highest BCUT2D eigenvalue weighted by Gasteiger charge is 2.10. The first-order valence-corrected chi connectivity index (χ1v) is 11.9. The molecule has 0 atom stereocenters. The van der Waals surface area contributed by atoms with Crippen LogP contribution in [0.25, 0.3) is 23.2 Å². The Bertz CT molecular complexity index is 1290. The van der Waals surface area contributed by atoms with Gasteiger partial charge >= 0.3 is 0 Å². The molecular formula is C23H23N3O3S2. The lowest BCUT2D eigenvalue weighted by atomic mass is 10.2. The van der Waals surface area contributed by atoms with Crippen LogP contribution in [0.1, 0.15) is 43.0 Å². The molecule has 31 heavy (non-hydrogen) atoms. The third-order valence-electron chi connectivity index (χ3n) is 4.46. The van der Waals surface area contributed by atoms with Gasteiger partial charge in [0.05, 0.1) is 17.7 Å². The molecule has 0 saturated heterocycles. The van der Waals surface area contributed by atoms with E-state index in [0.29, 0.717) is 34.3 Å². The fourth-order valence-corrected chi connectivity index (χ4v) is 4.47. The molecule has 4 rings (SSSR count). The molecule has 0 aliphatic heterocycles. The van der Waals surface area contributed by atoms with Gasteiger partial charge in [0.1, 0.15) is 0 Å². The predicted molar refractivity (Wildman–Crippen MR) is 127 cm³/mol. The summed E-state index contributed by atoms with van der Waals surface area (Å²) in [6.45, 7) is 5.26. The molecule has 4 aromatic rings. The van der Waals surface area contributed by atoms with E-state index < -0.39 is 0 Å². The Kier molecular flexibility index (Phi) is 6.79. The van der Waals surface area contributed by atoms with Gasteiger partial charge in [-0.2, -0.15) is 9.50 Å². The Labute approximate surface area is 188 Å². The largest absolute Gasteiger partial charge is 0.490 e. The van der Waals surface area contributed by atoms with Crippen molar-refractivity contribution in [2.45, 2.75) is 26.7 Å². The van der Waals surface area contributed by atoms with E-state index in [0.717, 1.165) is 29.0 Å². The van der Waals surface area contributed by atoms with Crippen molar-refractivity contribution >= 4 is 45.9 Å². The van der Waals surface area contributed by atoms with E-state index >= 15 is 0 Å². The summed E-state index contributed by atoms with van der Waals surface area (Å²) in [5.74, 6) is 1.93. The Hall–Kier alpha value is -2.97. The van der Waals surface area contributed by atoms with Crippen LogP contribution >= 0.6 is 22.7 Å². The molecule has 0 unspecified atom stereocenters. The number of benzene rings is 1. The van der Waals surface area contributed by atoms with Crippen molar-refractivity contribution in [1.29, 1.82) is 0 Å². The lowest BCUT2D eigenvalue weighted by Gasteiger charge is -2.12. The standard InChI is InChI=1S/C23H23N3O3S2/c1-3-5-12-29-18-10-8-16(14-19(18)28-4-2)15-20-22(27)26-23(31-20)24-21(25-26)11-9-17-7-6-13-30-17/h6-11,13-15H,3-5,12H2,1-2H3/b11-9+,20-15+. The summed E-state index contributed by atoms with van der Waals surface area (Å²) in [6, 6.07) is 9.72. The minimum absolute atomic E-state index is 0.176. The van der Waals surface area contributed by atoms with Crippen molar-refractivity contribution in [3.05, 3.63) is 66.9 Å². The Morgan fingerprint density at radius 2 is 2.03 bits per heavy atom. The van der Waals surface area contributed by atoms with Crippen molar-refractivity contribution in [2.24, 2.45) is 0 Å². The summed E-state index contributed by atoms with van der Waals surface area (Å²) in [5, 5.41) is 6.34. The van der Waals surface area contributed by atoms with Gasteiger partial charge in [0.25, 0.3) is 5.56 Å². The van der Waals surface area contributed by atoms with Crippen LogP contribution in [0.2, 0.25) is 0 Å². The number of rotatable bonds is 9. The fraction of sp³-hybridized carbons (Fsp3) is 0.261. The maximum Gasteiger partial charge on any atom is 0.291 e. The number of aromatic nitrogens is 3. The van der Waals surface area contributed by atoms with E-state index in [4.69, 9.17) is 9.47 Å². The van der Waals surface area contributed by atoms with Crippen LogP contribution in [0.15, 0.2) is 40.5 Å². The molecule has 0 spiro atoms. The van der Waals surface area contributed by atoms with Crippen LogP contribution < -0.4 is 19.6 Å².